The van der Waals surface area contributed by atoms with Crippen molar-refractivity contribution < 1.29 is 19.2 Å². The monoisotopic (exact) mass is 442 g/mol. The third-order valence-corrected chi connectivity index (χ3v) is 5.39. The molecule has 9 heteroatoms. The minimum Gasteiger partial charge on any atom is -0.481 e. The van der Waals surface area contributed by atoms with E-state index in [1.54, 1.807) is 12.3 Å². The molecule has 3 aromatic rings. The van der Waals surface area contributed by atoms with E-state index >= 15 is 0 Å². The Morgan fingerprint density at radius 2 is 2.03 bits per heavy atom. The number of nitrogens with zero attached hydrogens (tertiary/aromatic N) is 3. The summed E-state index contributed by atoms with van der Waals surface area (Å²) < 4.78 is 10.9. The highest BCUT2D eigenvalue weighted by Crippen LogP contribution is 2.30. The number of benzene rings is 1. The van der Waals surface area contributed by atoms with Crippen LogP contribution in [0.4, 0.5) is 5.69 Å². The van der Waals surface area contributed by atoms with Gasteiger partial charge >= 0.3 is 5.97 Å². The SMILES string of the molecule is CC(C)Oc1ncc(-c2noc(-c3ccc(NC4CC[C@@H](C(=O)O)C4)cc3)n2)cc1Cl. The Kier molecular flexibility index (Phi) is 6.08. The van der Waals surface area contributed by atoms with Gasteiger partial charge in [0.15, 0.2) is 0 Å². The standard InChI is InChI=1S/C22H23ClN4O4/c1-12(2)30-21-18(23)10-15(11-24-21)19-26-20(31-27-19)13-3-6-16(7-4-13)25-17-8-5-14(9-17)22(28)29/h3-4,6-7,10-12,14,17,25H,5,8-9H2,1-2H3,(H,28,29)/t14-,17?/m1/s1. The number of hydrogen-bond acceptors (Lipinski definition) is 7. The molecule has 31 heavy (non-hydrogen) atoms. The Morgan fingerprint density at radius 3 is 2.68 bits per heavy atom. The molecular formula is C22H23ClN4O4. The number of aliphatic carboxylic acids is 1. The lowest BCUT2D eigenvalue weighted by Crippen LogP contribution is -2.17. The highest BCUT2D eigenvalue weighted by molar-refractivity contribution is 6.32. The first-order chi connectivity index (χ1) is 14.9. The van der Waals surface area contributed by atoms with Crippen molar-refractivity contribution in [1.29, 1.82) is 0 Å². The van der Waals surface area contributed by atoms with Gasteiger partial charge in [0.05, 0.1) is 12.0 Å². The van der Waals surface area contributed by atoms with Crippen LogP contribution in [-0.2, 0) is 4.79 Å². The van der Waals surface area contributed by atoms with Gasteiger partial charge < -0.3 is 19.7 Å². The molecule has 4 rings (SSSR count). The smallest absolute Gasteiger partial charge is 0.306 e. The number of carboxylic acid groups (broad SMARTS) is 1. The lowest BCUT2D eigenvalue weighted by atomic mass is 10.1. The third-order valence-electron chi connectivity index (χ3n) is 5.12. The summed E-state index contributed by atoms with van der Waals surface area (Å²) in [6.45, 7) is 3.80. The second-order valence-electron chi connectivity index (χ2n) is 7.87. The zero-order valence-electron chi connectivity index (χ0n) is 17.2. The number of carbonyl (C=O) groups is 1. The molecule has 0 aliphatic heterocycles. The van der Waals surface area contributed by atoms with Crippen molar-refractivity contribution in [2.45, 2.75) is 45.3 Å². The van der Waals surface area contributed by atoms with Gasteiger partial charge in [0, 0.05) is 29.1 Å². The fourth-order valence-corrected chi connectivity index (χ4v) is 3.81. The Labute approximate surface area is 184 Å². The third kappa shape index (κ3) is 4.96. The van der Waals surface area contributed by atoms with Crippen LogP contribution < -0.4 is 10.1 Å². The number of ether oxygens (including phenoxy) is 1. The van der Waals surface area contributed by atoms with Gasteiger partial charge in [0.1, 0.15) is 5.02 Å². The second-order valence-corrected chi connectivity index (χ2v) is 8.27. The van der Waals surface area contributed by atoms with Crippen LogP contribution in [0, 0.1) is 5.92 Å². The highest BCUT2D eigenvalue weighted by Gasteiger charge is 2.29. The molecule has 1 unspecified atom stereocenters. The number of anilines is 1. The van der Waals surface area contributed by atoms with Gasteiger partial charge in [0.25, 0.3) is 5.89 Å². The van der Waals surface area contributed by atoms with Gasteiger partial charge in [-0.1, -0.05) is 16.8 Å². The number of hydrogen-bond donors (Lipinski definition) is 2. The van der Waals surface area contributed by atoms with Crippen molar-refractivity contribution in [3.8, 4) is 28.7 Å². The van der Waals surface area contributed by atoms with Gasteiger partial charge in [-0.3, -0.25) is 4.79 Å². The van der Waals surface area contributed by atoms with Crippen LogP contribution in [0.5, 0.6) is 5.88 Å². The first-order valence-electron chi connectivity index (χ1n) is 10.1. The zero-order chi connectivity index (χ0) is 22.0. The van der Waals surface area contributed by atoms with Crippen molar-refractivity contribution in [3.05, 3.63) is 41.6 Å². The number of aromatic nitrogens is 3. The topological polar surface area (TPSA) is 110 Å². The number of halogens is 1. The Hall–Kier alpha value is -3.13. The summed E-state index contributed by atoms with van der Waals surface area (Å²) in [5, 5.41) is 16.9. The molecule has 0 amide bonds. The van der Waals surface area contributed by atoms with Crippen molar-refractivity contribution >= 4 is 23.3 Å². The maximum absolute atomic E-state index is 11.1. The van der Waals surface area contributed by atoms with Crippen molar-refractivity contribution in [3.63, 3.8) is 0 Å². The van der Waals surface area contributed by atoms with E-state index in [0.717, 1.165) is 17.7 Å². The fourth-order valence-electron chi connectivity index (χ4n) is 3.60. The summed E-state index contributed by atoms with van der Waals surface area (Å²) in [5.41, 5.74) is 2.33. The molecule has 0 radical (unpaired) electrons. The minimum atomic E-state index is -0.717. The van der Waals surface area contributed by atoms with Crippen LogP contribution in [0.1, 0.15) is 33.1 Å². The predicted molar refractivity (Wildman–Crippen MR) is 116 cm³/mol. The molecule has 1 aliphatic carbocycles. The predicted octanol–water partition coefficient (Wildman–Crippen LogP) is 4.90. The van der Waals surface area contributed by atoms with Gasteiger partial charge in [-0.05, 0) is 63.4 Å². The van der Waals surface area contributed by atoms with Crippen molar-refractivity contribution in [2.24, 2.45) is 5.92 Å². The summed E-state index contributed by atoms with van der Waals surface area (Å²) in [4.78, 5) is 19.8. The molecule has 162 valence electrons. The number of pyridine rings is 1. The summed E-state index contributed by atoms with van der Waals surface area (Å²) in [5.74, 6) is 0.150. The molecule has 2 atom stereocenters. The van der Waals surface area contributed by atoms with E-state index in [2.05, 4.69) is 20.4 Å². The highest BCUT2D eigenvalue weighted by atomic mass is 35.5. The van der Waals surface area contributed by atoms with E-state index in [0.29, 0.717) is 41.0 Å². The maximum atomic E-state index is 11.1. The van der Waals surface area contributed by atoms with Gasteiger partial charge in [0.2, 0.25) is 11.7 Å². The lowest BCUT2D eigenvalue weighted by molar-refractivity contribution is -0.141. The van der Waals surface area contributed by atoms with Crippen LogP contribution in [0.2, 0.25) is 5.02 Å². The molecular weight excluding hydrogens is 420 g/mol. The average Bonchev–Trinajstić information content (AvgIpc) is 3.40. The van der Waals surface area contributed by atoms with E-state index in [1.165, 1.54) is 0 Å². The number of nitrogens with one attached hydrogen (secondary N) is 1. The zero-order valence-corrected chi connectivity index (χ0v) is 18.0. The molecule has 1 fully saturated rings. The quantitative estimate of drug-likeness (QED) is 0.531. The molecule has 8 nitrogen and oxygen atoms in total. The minimum absolute atomic E-state index is 0.0302. The van der Waals surface area contributed by atoms with E-state index in [1.807, 2.05) is 38.1 Å². The molecule has 0 bridgehead atoms. The number of rotatable bonds is 7. The normalized spacial score (nSPS) is 18.3. The largest absolute Gasteiger partial charge is 0.481 e. The van der Waals surface area contributed by atoms with E-state index in [9.17, 15) is 4.79 Å². The Balaban J connectivity index is 1.43. The molecule has 2 N–H and O–H groups in total. The van der Waals surface area contributed by atoms with Crippen LogP contribution in [0.15, 0.2) is 41.1 Å². The molecule has 1 aliphatic rings. The molecule has 2 heterocycles. The van der Waals surface area contributed by atoms with Crippen LogP contribution >= 0.6 is 11.6 Å². The maximum Gasteiger partial charge on any atom is 0.306 e. The van der Waals surface area contributed by atoms with Crippen LogP contribution in [0.25, 0.3) is 22.8 Å². The van der Waals surface area contributed by atoms with E-state index in [4.69, 9.17) is 26.0 Å². The van der Waals surface area contributed by atoms with Gasteiger partial charge in [-0.25, -0.2) is 4.98 Å². The summed E-state index contributed by atoms with van der Waals surface area (Å²) >= 11 is 6.25. The summed E-state index contributed by atoms with van der Waals surface area (Å²) in [7, 11) is 0. The lowest BCUT2D eigenvalue weighted by Gasteiger charge is -2.14. The van der Waals surface area contributed by atoms with Crippen molar-refractivity contribution in [2.75, 3.05) is 5.32 Å². The molecule has 1 aromatic carbocycles. The molecule has 0 saturated heterocycles. The second kappa shape index (κ2) is 8.93. The molecule has 2 aromatic heterocycles. The fraction of sp³-hybridized carbons (Fsp3) is 0.364. The van der Waals surface area contributed by atoms with E-state index in [-0.39, 0.29) is 18.1 Å². The molecule has 1 saturated carbocycles. The van der Waals surface area contributed by atoms with Crippen LogP contribution in [-0.4, -0.2) is 38.3 Å². The summed E-state index contributed by atoms with van der Waals surface area (Å²) in [6, 6.07) is 9.47. The molecule has 0 spiro atoms. The van der Waals surface area contributed by atoms with Gasteiger partial charge in [-0.2, -0.15) is 4.98 Å². The summed E-state index contributed by atoms with van der Waals surface area (Å²) in [6.07, 6.45) is 3.76. The van der Waals surface area contributed by atoms with Crippen molar-refractivity contribution in [1.82, 2.24) is 15.1 Å². The first kappa shape index (κ1) is 21.1. The number of carboxylic acids is 1. The van der Waals surface area contributed by atoms with Gasteiger partial charge in [-0.15, -0.1) is 0 Å². The van der Waals surface area contributed by atoms with Crippen LogP contribution in [0.3, 0.4) is 0 Å². The Morgan fingerprint density at radius 1 is 1.26 bits per heavy atom. The average molecular weight is 443 g/mol. The first-order valence-corrected chi connectivity index (χ1v) is 10.5. The Bertz CT molecular complexity index is 1070. The van der Waals surface area contributed by atoms with E-state index < -0.39 is 5.97 Å².